The summed E-state index contributed by atoms with van der Waals surface area (Å²) < 4.78 is 0.470. The second-order valence-corrected chi connectivity index (χ2v) is 6.58. The maximum atomic E-state index is 12.3. The standard InChI is InChI=1S/C14H16BrN3O5/c1-8-2-9(13(19)20)7-17(6-8)14(21)16-11-3-10(15)4-12(5-11)18(22)23/h3-5,8-9H,2,6-7H2,1H3,(H,16,21)(H,19,20). The molecule has 1 heterocycles. The molecule has 124 valence electrons. The van der Waals surface area contributed by atoms with Crippen molar-refractivity contribution in [1.29, 1.82) is 0 Å². The third kappa shape index (κ3) is 4.41. The number of likely N-dealkylation sites (tertiary alicyclic amines) is 1. The minimum Gasteiger partial charge on any atom is -0.481 e. The fourth-order valence-electron chi connectivity index (χ4n) is 2.65. The molecule has 2 N–H and O–H groups in total. The van der Waals surface area contributed by atoms with E-state index in [1.165, 1.54) is 17.0 Å². The van der Waals surface area contributed by atoms with Crippen molar-refractivity contribution < 1.29 is 19.6 Å². The van der Waals surface area contributed by atoms with Gasteiger partial charge in [-0.1, -0.05) is 22.9 Å². The molecule has 1 aliphatic heterocycles. The summed E-state index contributed by atoms with van der Waals surface area (Å²) >= 11 is 3.16. The van der Waals surface area contributed by atoms with Gasteiger partial charge in [0, 0.05) is 29.7 Å². The molecule has 2 amide bonds. The molecule has 1 fully saturated rings. The van der Waals surface area contributed by atoms with Crippen molar-refractivity contribution >= 4 is 39.3 Å². The van der Waals surface area contributed by atoms with Crippen LogP contribution in [0.4, 0.5) is 16.2 Å². The second kappa shape index (κ2) is 6.95. The van der Waals surface area contributed by atoms with Gasteiger partial charge in [0.15, 0.2) is 0 Å². The van der Waals surface area contributed by atoms with E-state index in [0.29, 0.717) is 17.4 Å². The van der Waals surface area contributed by atoms with Crippen LogP contribution < -0.4 is 5.32 Å². The summed E-state index contributed by atoms with van der Waals surface area (Å²) in [6.45, 7) is 2.46. The Labute approximate surface area is 140 Å². The zero-order valence-corrected chi connectivity index (χ0v) is 13.9. The predicted molar refractivity (Wildman–Crippen MR) is 86.3 cm³/mol. The van der Waals surface area contributed by atoms with E-state index in [1.54, 1.807) is 6.07 Å². The summed E-state index contributed by atoms with van der Waals surface area (Å²) in [7, 11) is 0. The number of non-ortho nitro benzene ring substituents is 1. The number of aliphatic carboxylic acids is 1. The van der Waals surface area contributed by atoms with E-state index < -0.39 is 22.8 Å². The lowest BCUT2D eigenvalue weighted by molar-refractivity contribution is -0.384. The largest absolute Gasteiger partial charge is 0.481 e. The molecule has 0 radical (unpaired) electrons. The number of piperidine rings is 1. The number of carbonyl (C=O) groups excluding carboxylic acids is 1. The van der Waals surface area contributed by atoms with Crippen molar-refractivity contribution in [2.75, 3.05) is 18.4 Å². The minimum atomic E-state index is -0.924. The fourth-order valence-corrected chi connectivity index (χ4v) is 3.13. The van der Waals surface area contributed by atoms with Crippen LogP contribution >= 0.6 is 15.9 Å². The molecule has 1 aromatic rings. The number of carboxylic acid groups (broad SMARTS) is 1. The van der Waals surface area contributed by atoms with Gasteiger partial charge in [0.25, 0.3) is 5.69 Å². The Morgan fingerprint density at radius 3 is 2.70 bits per heavy atom. The van der Waals surface area contributed by atoms with Crippen molar-refractivity contribution in [3.05, 3.63) is 32.8 Å². The topological polar surface area (TPSA) is 113 Å². The van der Waals surface area contributed by atoms with Crippen molar-refractivity contribution in [2.24, 2.45) is 11.8 Å². The Kier molecular flexibility index (Phi) is 5.19. The normalized spacial score (nSPS) is 20.9. The zero-order valence-electron chi connectivity index (χ0n) is 12.4. The number of carbonyl (C=O) groups is 2. The maximum absolute atomic E-state index is 12.3. The lowest BCUT2D eigenvalue weighted by Crippen LogP contribution is -2.47. The van der Waals surface area contributed by atoms with E-state index in [-0.39, 0.29) is 23.8 Å². The quantitative estimate of drug-likeness (QED) is 0.613. The molecule has 0 aromatic heterocycles. The van der Waals surface area contributed by atoms with Gasteiger partial charge in [-0.05, 0) is 18.4 Å². The molecule has 23 heavy (non-hydrogen) atoms. The summed E-state index contributed by atoms with van der Waals surface area (Å²) in [5.41, 5.74) is 0.131. The number of hydrogen-bond donors (Lipinski definition) is 2. The smallest absolute Gasteiger partial charge is 0.321 e. The molecular formula is C14H16BrN3O5. The number of carboxylic acids is 1. The second-order valence-electron chi connectivity index (χ2n) is 5.67. The lowest BCUT2D eigenvalue weighted by atomic mass is 9.91. The van der Waals surface area contributed by atoms with Gasteiger partial charge in [0.1, 0.15) is 0 Å². The van der Waals surface area contributed by atoms with Crippen LogP contribution in [0.1, 0.15) is 13.3 Å². The number of anilines is 1. The average Bonchev–Trinajstić information content (AvgIpc) is 2.45. The van der Waals surface area contributed by atoms with E-state index in [9.17, 15) is 19.7 Å². The van der Waals surface area contributed by atoms with Crippen LogP contribution in [0.3, 0.4) is 0 Å². The minimum absolute atomic E-state index is 0.0763. The monoisotopic (exact) mass is 385 g/mol. The van der Waals surface area contributed by atoms with Gasteiger partial charge >= 0.3 is 12.0 Å². The molecule has 0 aliphatic carbocycles. The molecule has 0 saturated carbocycles. The van der Waals surface area contributed by atoms with Crippen molar-refractivity contribution in [2.45, 2.75) is 13.3 Å². The highest BCUT2D eigenvalue weighted by Gasteiger charge is 2.32. The third-order valence-corrected chi connectivity index (χ3v) is 4.10. The molecule has 2 atom stereocenters. The summed E-state index contributed by atoms with van der Waals surface area (Å²) in [6.07, 6.45) is 0.529. The number of benzene rings is 1. The maximum Gasteiger partial charge on any atom is 0.321 e. The van der Waals surface area contributed by atoms with Gasteiger partial charge in [-0.25, -0.2) is 4.79 Å². The summed E-state index contributed by atoms with van der Waals surface area (Å²) in [5, 5.41) is 22.6. The summed E-state index contributed by atoms with van der Waals surface area (Å²) in [5.74, 6) is -1.44. The Hall–Kier alpha value is -2.16. The van der Waals surface area contributed by atoms with E-state index in [4.69, 9.17) is 5.11 Å². The first-order chi connectivity index (χ1) is 10.8. The van der Waals surface area contributed by atoms with Gasteiger partial charge in [0.05, 0.1) is 16.5 Å². The van der Waals surface area contributed by atoms with E-state index in [2.05, 4.69) is 21.2 Å². The Morgan fingerprint density at radius 1 is 1.39 bits per heavy atom. The van der Waals surface area contributed by atoms with Gasteiger partial charge in [-0.2, -0.15) is 0 Å². The van der Waals surface area contributed by atoms with Crippen molar-refractivity contribution in [3.63, 3.8) is 0 Å². The van der Waals surface area contributed by atoms with Crippen LogP contribution in [0.2, 0.25) is 0 Å². The summed E-state index contributed by atoms with van der Waals surface area (Å²) in [4.78, 5) is 35.2. The fraction of sp³-hybridized carbons (Fsp3) is 0.429. The molecule has 1 saturated heterocycles. The number of nitrogens with zero attached hydrogens (tertiary/aromatic N) is 2. The number of urea groups is 1. The van der Waals surface area contributed by atoms with Gasteiger partial charge < -0.3 is 15.3 Å². The predicted octanol–water partition coefficient (Wildman–Crippen LogP) is 2.93. The highest BCUT2D eigenvalue weighted by Crippen LogP contribution is 2.26. The third-order valence-electron chi connectivity index (χ3n) is 3.64. The number of nitro groups is 1. The van der Waals surface area contributed by atoms with Crippen molar-refractivity contribution in [1.82, 2.24) is 4.90 Å². The highest BCUT2D eigenvalue weighted by atomic mass is 79.9. The van der Waals surface area contributed by atoms with Crippen LogP contribution in [-0.4, -0.2) is 40.0 Å². The van der Waals surface area contributed by atoms with Crippen LogP contribution in [0.25, 0.3) is 0 Å². The number of hydrogen-bond acceptors (Lipinski definition) is 4. The Morgan fingerprint density at radius 2 is 2.09 bits per heavy atom. The van der Waals surface area contributed by atoms with Crippen molar-refractivity contribution in [3.8, 4) is 0 Å². The molecular weight excluding hydrogens is 370 g/mol. The van der Waals surface area contributed by atoms with Crippen LogP contribution in [-0.2, 0) is 4.79 Å². The Balaban J connectivity index is 2.12. The summed E-state index contributed by atoms with van der Waals surface area (Å²) in [6, 6.07) is 3.67. The van der Waals surface area contributed by atoms with Crippen LogP contribution in [0, 0.1) is 22.0 Å². The molecule has 9 heteroatoms. The first kappa shape index (κ1) is 17.2. The number of nitro benzene ring substituents is 1. The van der Waals surface area contributed by atoms with E-state index in [0.717, 1.165) is 0 Å². The first-order valence-electron chi connectivity index (χ1n) is 7.00. The molecule has 2 rings (SSSR count). The zero-order chi connectivity index (χ0) is 17.1. The molecule has 0 spiro atoms. The molecule has 8 nitrogen and oxygen atoms in total. The molecule has 1 aliphatic rings. The van der Waals surface area contributed by atoms with Crippen LogP contribution in [0.15, 0.2) is 22.7 Å². The van der Waals surface area contributed by atoms with Gasteiger partial charge in [-0.3, -0.25) is 14.9 Å². The average molecular weight is 386 g/mol. The van der Waals surface area contributed by atoms with E-state index >= 15 is 0 Å². The highest BCUT2D eigenvalue weighted by molar-refractivity contribution is 9.10. The number of amides is 2. The molecule has 2 unspecified atom stereocenters. The lowest BCUT2D eigenvalue weighted by Gasteiger charge is -2.34. The van der Waals surface area contributed by atoms with E-state index in [1.807, 2.05) is 6.92 Å². The first-order valence-corrected chi connectivity index (χ1v) is 7.79. The van der Waals surface area contributed by atoms with Gasteiger partial charge in [0.2, 0.25) is 0 Å². The number of halogens is 1. The molecule has 1 aromatic carbocycles. The Bertz CT molecular complexity index is 651. The number of rotatable bonds is 3. The number of nitrogens with one attached hydrogen (secondary N) is 1. The van der Waals surface area contributed by atoms with Crippen LogP contribution in [0.5, 0.6) is 0 Å². The SMILES string of the molecule is CC1CC(C(=O)O)CN(C(=O)Nc2cc(Br)cc([N+](=O)[O-])c2)C1. The molecule has 0 bridgehead atoms. The van der Waals surface area contributed by atoms with Gasteiger partial charge in [-0.15, -0.1) is 0 Å².